The second kappa shape index (κ2) is 7.11. The predicted octanol–water partition coefficient (Wildman–Crippen LogP) is 2.45. The number of thioether (sulfide) groups is 1. The average Bonchev–Trinajstić information content (AvgIpc) is 2.64. The zero-order valence-electron chi connectivity index (χ0n) is 11.2. The van der Waals surface area contributed by atoms with Gasteiger partial charge in [-0.15, -0.1) is 23.1 Å². The Bertz CT molecular complexity index is 387. The largest absolute Gasteiger partial charge is 0.396 e. The van der Waals surface area contributed by atoms with E-state index in [1.165, 1.54) is 11.3 Å². The average molecular weight is 288 g/mol. The zero-order chi connectivity index (χ0) is 13.7. The first-order valence-electron chi connectivity index (χ1n) is 5.91. The first kappa shape index (κ1) is 15.5. The number of hydrogen-bond donors (Lipinski definition) is 2. The van der Waals surface area contributed by atoms with Gasteiger partial charge in [0.25, 0.3) is 0 Å². The van der Waals surface area contributed by atoms with E-state index in [9.17, 15) is 4.79 Å². The topological polar surface area (TPSA) is 62.2 Å². The number of anilines is 1. The lowest BCUT2D eigenvalue weighted by molar-refractivity contribution is -0.115. The summed E-state index contributed by atoms with van der Waals surface area (Å²) in [6, 6.07) is 0. The van der Waals surface area contributed by atoms with E-state index in [1.807, 2.05) is 27.7 Å². The zero-order valence-corrected chi connectivity index (χ0v) is 12.8. The van der Waals surface area contributed by atoms with Crippen molar-refractivity contribution in [2.24, 2.45) is 5.92 Å². The molecule has 0 bridgehead atoms. The van der Waals surface area contributed by atoms with Crippen molar-refractivity contribution < 1.29 is 9.90 Å². The van der Waals surface area contributed by atoms with Gasteiger partial charge in [-0.2, -0.15) is 0 Å². The monoisotopic (exact) mass is 288 g/mol. The van der Waals surface area contributed by atoms with Crippen molar-refractivity contribution in [3.63, 3.8) is 0 Å². The molecule has 0 fully saturated rings. The van der Waals surface area contributed by atoms with Crippen LogP contribution in [0.5, 0.6) is 0 Å². The number of nitrogens with zero attached hydrogens (tertiary/aromatic N) is 1. The highest BCUT2D eigenvalue weighted by Crippen LogP contribution is 2.22. The Morgan fingerprint density at radius 2 is 2.17 bits per heavy atom. The highest BCUT2D eigenvalue weighted by Gasteiger charge is 2.16. The summed E-state index contributed by atoms with van der Waals surface area (Å²) >= 11 is 3.05. The van der Waals surface area contributed by atoms with Crippen molar-refractivity contribution >= 4 is 34.1 Å². The number of carbonyl (C=O) groups is 1. The second-order valence-corrected chi connectivity index (χ2v) is 6.99. The van der Waals surface area contributed by atoms with Gasteiger partial charge in [0.2, 0.25) is 5.91 Å². The fourth-order valence-electron chi connectivity index (χ4n) is 1.17. The molecule has 6 heteroatoms. The molecule has 2 unspecified atom stereocenters. The maximum absolute atomic E-state index is 11.9. The van der Waals surface area contributed by atoms with Crippen LogP contribution in [0.25, 0.3) is 0 Å². The van der Waals surface area contributed by atoms with Gasteiger partial charge in [-0.3, -0.25) is 4.79 Å². The molecular weight excluding hydrogens is 268 g/mol. The normalized spacial score (nSPS) is 14.3. The first-order chi connectivity index (χ1) is 8.43. The number of aryl methyl sites for hydroxylation is 2. The van der Waals surface area contributed by atoms with Crippen LogP contribution in [0.1, 0.15) is 24.4 Å². The fourth-order valence-corrected chi connectivity index (χ4v) is 2.92. The van der Waals surface area contributed by atoms with Gasteiger partial charge < -0.3 is 10.4 Å². The summed E-state index contributed by atoms with van der Waals surface area (Å²) < 4.78 is 0. The SMILES string of the molecule is Cc1nc(NC(=O)C(C)SCC(C)CO)sc1C. The molecule has 1 rings (SSSR count). The summed E-state index contributed by atoms with van der Waals surface area (Å²) in [4.78, 5) is 17.3. The fraction of sp³-hybridized carbons (Fsp3) is 0.667. The number of amides is 1. The van der Waals surface area contributed by atoms with Crippen LogP contribution in [0, 0.1) is 19.8 Å². The number of carbonyl (C=O) groups excluding carboxylic acids is 1. The molecule has 2 atom stereocenters. The third kappa shape index (κ3) is 4.59. The van der Waals surface area contributed by atoms with Crippen LogP contribution >= 0.6 is 23.1 Å². The minimum atomic E-state index is -0.136. The Kier molecular flexibility index (Phi) is 6.11. The van der Waals surface area contributed by atoms with E-state index in [0.717, 1.165) is 16.3 Å². The molecule has 0 aliphatic heterocycles. The first-order valence-corrected chi connectivity index (χ1v) is 7.78. The third-order valence-corrected chi connectivity index (χ3v) is 5.03. The van der Waals surface area contributed by atoms with Crippen LogP contribution < -0.4 is 5.32 Å². The van der Waals surface area contributed by atoms with E-state index >= 15 is 0 Å². The molecule has 18 heavy (non-hydrogen) atoms. The predicted molar refractivity (Wildman–Crippen MR) is 78.4 cm³/mol. The molecule has 1 aromatic rings. The molecule has 0 aliphatic rings. The van der Waals surface area contributed by atoms with Crippen molar-refractivity contribution in [2.45, 2.75) is 32.9 Å². The summed E-state index contributed by atoms with van der Waals surface area (Å²) in [5.41, 5.74) is 0.963. The van der Waals surface area contributed by atoms with Gasteiger partial charge >= 0.3 is 0 Å². The molecule has 1 heterocycles. The number of aromatic nitrogens is 1. The summed E-state index contributed by atoms with van der Waals surface area (Å²) in [5.74, 6) is 0.967. The summed E-state index contributed by atoms with van der Waals surface area (Å²) in [5, 5.41) is 12.3. The van der Waals surface area contributed by atoms with Gasteiger partial charge in [-0.05, 0) is 32.4 Å². The van der Waals surface area contributed by atoms with Crippen LogP contribution in [-0.4, -0.2) is 33.6 Å². The van der Waals surface area contributed by atoms with Crippen molar-refractivity contribution in [3.8, 4) is 0 Å². The van der Waals surface area contributed by atoms with E-state index in [0.29, 0.717) is 5.13 Å². The lowest BCUT2D eigenvalue weighted by atomic mass is 10.2. The number of rotatable bonds is 6. The summed E-state index contributed by atoms with van der Waals surface area (Å²) in [6.45, 7) is 7.92. The number of aliphatic hydroxyl groups excluding tert-OH is 1. The molecule has 4 nitrogen and oxygen atoms in total. The van der Waals surface area contributed by atoms with Gasteiger partial charge in [0.15, 0.2) is 5.13 Å². The Labute approximate surface area is 116 Å². The number of hydrogen-bond acceptors (Lipinski definition) is 5. The molecule has 0 saturated heterocycles. The second-order valence-electron chi connectivity index (χ2n) is 4.41. The highest BCUT2D eigenvalue weighted by molar-refractivity contribution is 8.00. The lowest BCUT2D eigenvalue weighted by Crippen LogP contribution is -2.23. The van der Waals surface area contributed by atoms with Crippen LogP contribution in [0.2, 0.25) is 0 Å². The standard InChI is InChI=1S/C12H20N2O2S2/c1-7(5-15)6-17-10(4)11(16)14-12-13-8(2)9(3)18-12/h7,10,15H,5-6H2,1-4H3,(H,13,14,16). The number of thiazole rings is 1. The molecule has 0 aliphatic carbocycles. The Balaban J connectivity index is 2.44. The van der Waals surface area contributed by atoms with E-state index in [-0.39, 0.29) is 23.7 Å². The third-order valence-electron chi connectivity index (χ3n) is 2.57. The molecule has 0 radical (unpaired) electrons. The maximum Gasteiger partial charge on any atom is 0.238 e. The van der Waals surface area contributed by atoms with Crippen LogP contribution in [0.15, 0.2) is 0 Å². The van der Waals surface area contributed by atoms with Gasteiger partial charge in [0.1, 0.15) is 0 Å². The molecular formula is C12H20N2O2S2. The van der Waals surface area contributed by atoms with Gasteiger partial charge in [0.05, 0.1) is 10.9 Å². The minimum absolute atomic E-state index is 0.0288. The van der Waals surface area contributed by atoms with Crippen molar-refractivity contribution in [3.05, 3.63) is 10.6 Å². The smallest absolute Gasteiger partial charge is 0.238 e. The van der Waals surface area contributed by atoms with E-state index < -0.39 is 0 Å². The molecule has 0 spiro atoms. The molecule has 102 valence electrons. The Morgan fingerprint density at radius 3 is 2.67 bits per heavy atom. The van der Waals surface area contributed by atoms with E-state index in [4.69, 9.17) is 5.11 Å². The quantitative estimate of drug-likeness (QED) is 0.844. The van der Waals surface area contributed by atoms with Crippen LogP contribution in [0.3, 0.4) is 0 Å². The Hall–Kier alpha value is -0.590. The van der Waals surface area contributed by atoms with Crippen molar-refractivity contribution in [1.82, 2.24) is 4.98 Å². The van der Waals surface area contributed by atoms with Crippen molar-refractivity contribution in [1.29, 1.82) is 0 Å². The van der Waals surface area contributed by atoms with Crippen LogP contribution in [-0.2, 0) is 4.79 Å². The number of aliphatic hydroxyl groups is 1. The Morgan fingerprint density at radius 1 is 1.50 bits per heavy atom. The molecule has 0 aromatic carbocycles. The van der Waals surface area contributed by atoms with Crippen LogP contribution in [0.4, 0.5) is 5.13 Å². The van der Waals surface area contributed by atoms with Crippen molar-refractivity contribution in [2.75, 3.05) is 17.7 Å². The van der Waals surface area contributed by atoms with Gasteiger partial charge in [-0.25, -0.2) is 4.98 Å². The molecule has 1 amide bonds. The highest BCUT2D eigenvalue weighted by atomic mass is 32.2. The maximum atomic E-state index is 11.9. The minimum Gasteiger partial charge on any atom is -0.396 e. The van der Waals surface area contributed by atoms with E-state index in [2.05, 4.69) is 10.3 Å². The summed E-state index contributed by atoms with van der Waals surface area (Å²) in [6.07, 6.45) is 0. The molecule has 1 aromatic heterocycles. The molecule has 0 saturated carbocycles. The molecule has 2 N–H and O–H groups in total. The van der Waals surface area contributed by atoms with Gasteiger partial charge in [-0.1, -0.05) is 6.92 Å². The van der Waals surface area contributed by atoms with Gasteiger partial charge in [0, 0.05) is 11.5 Å². The number of nitrogens with one attached hydrogen (secondary N) is 1. The van der Waals surface area contributed by atoms with E-state index in [1.54, 1.807) is 11.8 Å². The summed E-state index contributed by atoms with van der Waals surface area (Å²) in [7, 11) is 0. The lowest BCUT2D eigenvalue weighted by Gasteiger charge is -2.12.